The summed E-state index contributed by atoms with van der Waals surface area (Å²) in [6.45, 7) is 0.0709. The van der Waals surface area contributed by atoms with Crippen molar-refractivity contribution in [2.45, 2.75) is 31.6 Å². The van der Waals surface area contributed by atoms with Crippen molar-refractivity contribution in [1.29, 1.82) is 0 Å². The first-order valence-electron chi connectivity index (χ1n) is 4.83. The van der Waals surface area contributed by atoms with Gasteiger partial charge in [0.1, 0.15) is 0 Å². The number of H-pyrrole nitrogens is 2. The molecule has 0 saturated carbocycles. The Morgan fingerprint density at radius 2 is 2.00 bits per heavy atom. The van der Waals surface area contributed by atoms with Crippen LogP contribution in [0.4, 0.5) is 0 Å². The van der Waals surface area contributed by atoms with Crippen molar-refractivity contribution in [3.63, 3.8) is 0 Å². The van der Waals surface area contributed by atoms with Crippen molar-refractivity contribution in [3.8, 4) is 0 Å². The van der Waals surface area contributed by atoms with Crippen LogP contribution in [-0.4, -0.2) is 38.0 Å². The highest BCUT2D eigenvalue weighted by molar-refractivity contribution is 5.72. The Bertz CT molecular complexity index is 471. The Labute approximate surface area is 88.8 Å². The van der Waals surface area contributed by atoms with E-state index in [-0.39, 0.29) is 6.54 Å². The van der Waals surface area contributed by atoms with E-state index in [1.54, 1.807) is 0 Å². The number of rotatable bonds is 3. The first-order valence-corrected chi connectivity index (χ1v) is 4.83. The van der Waals surface area contributed by atoms with E-state index in [4.69, 9.17) is 9.84 Å². The molecule has 0 radical (unpaired) electrons. The fourth-order valence-corrected chi connectivity index (χ4v) is 1.73. The van der Waals surface area contributed by atoms with Crippen molar-refractivity contribution in [1.82, 2.24) is 14.8 Å². The van der Waals surface area contributed by atoms with E-state index in [1.165, 1.54) is 0 Å². The van der Waals surface area contributed by atoms with Gasteiger partial charge in [0.25, 0.3) is 0 Å². The smallest absolute Gasteiger partial charge is 0.344 e. The van der Waals surface area contributed by atoms with Gasteiger partial charge in [0.2, 0.25) is 0 Å². The number of carbonyl (C=O) groups is 1. The molecule has 8 heteroatoms. The molecule has 2 rings (SSSR count). The second-order valence-corrected chi connectivity index (χ2v) is 3.63. The predicted octanol–water partition coefficient (Wildman–Crippen LogP) is -1.50. The van der Waals surface area contributed by atoms with Gasteiger partial charge in [0.05, 0.1) is 12.6 Å². The lowest BCUT2D eigenvalue weighted by Gasteiger charge is -2.09. The van der Waals surface area contributed by atoms with E-state index >= 15 is 0 Å². The highest BCUT2D eigenvalue weighted by Crippen LogP contribution is 2.20. The summed E-state index contributed by atoms with van der Waals surface area (Å²) in [5.74, 6) is -1.02. The van der Waals surface area contributed by atoms with Crippen molar-refractivity contribution in [3.05, 3.63) is 21.0 Å². The molecule has 8 nitrogen and oxygen atoms in total. The van der Waals surface area contributed by atoms with Crippen LogP contribution < -0.4 is 11.4 Å². The maximum atomic E-state index is 11.1. The fraction of sp³-hybridized carbons (Fsp3) is 0.625. The Morgan fingerprint density at radius 3 is 2.50 bits per heavy atom. The predicted molar refractivity (Wildman–Crippen MR) is 51.2 cm³/mol. The molecule has 1 aromatic rings. The molecule has 1 fully saturated rings. The van der Waals surface area contributed by atoms with Gasteiger partial charge in [-0.2, -0.15) is 0 Å². The summed E-state index contributed by atoms with van der Waals surface area (Å²) in [5.41, 5.74) is -1.10. The third-order valence-electron chi connectivity index (χ3n) is 2.54. The zero-order valence-corrected chi connectivity index (χ0v) is 8.30. The number of aromatic nitrogens is 3. The summed E-state index contributed by atoms with van der Waals surface area (Å²) in [6, 6.07) is 0. The SMILES string of the molecule is O=C(O)C1CCC(Cn2c(=O)[nH][nH]c2=O)O1. The average molecular weight is 229 g/mol. The number of nitrogens with zero attached hydrogens (tertiary/aromatic N) is 1. The quantitative estimate of drug-likeness (QED) is 0.583. The number of aromatic amines is 2. The maximum Gasteiger partial charge on any atom is 0.344 e. The monoisotopic (exact) mass is 229 g/mol. The molecular formula is C8H11N3O5. The molecule has 1 saturated heterocycles. The molecule has 0 aliphatic carbocycles. The van der Waals surface area contributed by atoms with Crippen molar-refractivity contribution in [2.24, 2.45) is 0 Å². The number of carboxylic acid groups (broad SMARTS) is 1. The molecule has 1 aromatic heterocycles. The van der Waals surface area contributed by atoms with Gasteiger partial charge < -0.3 is 9.84 Å². The number of carboxylic acids is 1. The summed E-state index contributed by atoms with van der Waals surface area (Å²) < 4.78 is 6.13. The average Bonchev–Trinajstić information content (AvgIpc) is 2.80. The molecule has 16 heavy (non-hydrogen) atoms. The lowest BCUT2D eigenvalue weighted by atomic mass is 10.2. The van der Waals surface area contributed by atoms with E-state index in [9.17, 15) is 14.4 Å². The van der Waals surface area contributed by atoms with Crippen LogP contribution in [-0.2, 0) is 16.1 Å². The van der Waals surface area contributed by atoms with Gasteiger partial charge in [-0.25, -0.2) is 29.1 Å². The molecule has 88 valence electrons. The van der Waals surface area contributed by atoms with Gasteiger partial charge in [-0.1, -0.05) is 0 Å². The fourth-order valence-electron chi connectivity index (χ4n) is 1.73. The highest BCUT2D eigenvalue weighted by Gasteiger charge is 2.31. The molecule has 0 spiro atoms. The van der Waals surface area contributed by atoms with Gasteiger partial charge in [0.15, 0.2) is 6.10 Å². The van der Waals surface area contributed by atoms with Gasteiger partial charge in [0, 0.05) is 0 Å². The second kappa shape index (κ2) is 3.97. The zero-order chi connectivity index (χ0) is 11.7. The van der Waals surface area contributed by atoms with E-state index in [0.29, 0.717) is 12.8 Å². The van der Waals surface area contributed by atoms with Crippen LogP contribution in [0.25, 0.3) is 0 Å². The molecular weight excluding hydrogens is 218 g/mol. The van der Waals surface area contributed by atoms with Gasteiger partial charge in [-0.05, 0) is 12.8 Å². The van der Waals surface area contributed by atoms with Gasteiger partial charge >= 0.3 is 17.3 Å². The van der Waals surface area contributed by atoms with E-state index in [2.05, 4.69) is 10.2 Å². The first kappa shape index (κ1) is 10.7. The minimum Gasteiger partial charge on any atom is -0.479 e. The van der Waals surface area contributed by atoms with Crippen LogP contribution in [0.15, 0.2) is 9.59 Å². The summed E-state index contributed by atoms with van der Waals surface area (Å²) in [7, 11) is 0. The molecule has 3 N–H and O–H groups in total. The molecule has 1 aliphatic rings. The summed E-state index contributed by atoms with van der Waals surface area (Å²) in [6.07, 6.45) is -0.320. The Kier molecular flexibility index (Phi) is 2.65. The van der Waals surface area contributed by atoms with Crippen molar-refractivity contribution >= 4 is 5.97 Å². The van der Waals surface area contributed by atoms with Gasteiger partial charge in [-0.15, -0.1) is 0 Å². The molecule has 1 aliphatic heterocycles. The van der Waals surface area contributed by atoms with E-state index in [1.807, 2.05) is 0 Å². The lowest BCUT2D eigenvalue weighted by molar-refractivity contribution is -0.149. The van der Waals surface area contributed by atoms with Gasteiger partial charge in [-0.3, -0.25) is 0 Å². The Balaban J connectivity index is 2.05. The lowest BCUT2D eigenvalue weighted by Crippen LogP contribution is -2.32. The number of hydrogen-bond donors (Lipinski definition) is 3. The molecule has 0 amide bonds. The van der Waals surface area contributed by atoms with Crippen LogP contribution in [0.3, 0.4) is 0 Å². The van der Waals surface area contributed by atoms with Crippen LogP contribution >= 0.6 is 0 Å². The second-order valence-electron chi connectivity index (χ2n) is 3.63. The maximum absolute atomic E-state index is 11.1. The summed E-state index contributed by atoms with van der Waals surface area (Å²) >= 11 is 0. The third-order valence-corrected chi connectivity index (χ3v) is 2.54. The van der Waals surface area contributed by atoms with E-state index < -0.39 is 29.6 Å². The third kappa shape index (κ3) is 1.91. The van der Waals surface area contributed by atoms with E-state index in [0.717, 1.165) is 4.57 Å². The minimum absolute atomic E-state index is 0.0709. The van der Waals surface area contributed by atoms with Crippen LogP contribution in [0.2, 0.25) is 0 Å². The summed E-state index contributed by atoms with van der Waals surface area (Å²) in [4.78, 5) is 32.9. The van der Waals surface area contributed by atoms with Crippen molar-refractivity contribution in [2.75, 3.05) is 0 Å². The topological polar surface area (TPSA) is 117 Å². The summed E-state index contributed by atoms with van der Waals surface area (Å²) in [5, 5.41) is 13.0. The molecule has 2 unspecified atom stereocenters. The normalized spacial score (nSPS) is 24.8. The minimum atomic E-state index is -1.02. The number of hydrogen-bond acceptors (Lipinski definition) is 4. The van der Waals surface area contributed by atoms with Crippen LogP contribution in [0.5, 0.6) is 0 Å². The Hall–Kier alpha value is -1.83. The van der Waals surface area contributed by atoms with Crippen molar-refractivity contribution < 1.29 is 14.6 Å². The van der Waals surface area contributed by atoms with Crippen LogP contribution in [0, 0.1) is 0 Å². The molecule has 0 bridgehead atoms. The molecule has 0 aromatic carbocycles. The Morgan fingerprint density at radius 1 is 1.38 bits per heavy atom. The largest absolute Gasteiger partial charge is 0.479 e. The zero-order valence-electron chi connectivity index (χ0n) is 8.30. The highest BCUT2D eigenvalue weighted by atomic mass is 16.5. The first-order chi connectivity index (χ1) is 7.58. The van der Waals surface area contributed by atoms with Crippen LogP contribution in [0.1, 0.15) is 12.8 Å². The number of nitrogens with one attached hydrogen (secondary N) is 2. The number of ether oxygens (including phenoxy) is 1. The number of aliphatic carboxylic acids is 1. The standard InChI is InChI=1S/C8H11N3O5/c12-6(13)5-2-1-4(16-5)3-11-7(14)9-10-8(11)15/h4-5H,1-3H2,(H,9,14)(H,10,15)(H,12,13). The molecule has 2 atom stereocenters. The molecule has 2 heterocycles.